The molecule has 1 saturated heterocycles. The van der Waals surface area contributed by atoms with Crippen molar-refractivity contribution in [1.82, 2.24) is 4.90 Å². The summed E-state index contributed by atoms with van der Waals surface area (Å²) in [5.41, 5.74) is 1.59. The van der Waals surface area contributed by atoms with Crippen LogP contribution < -0.4 is 0 Å². The van der Waals surface area contributed by atoms with E-state index in [1.54, 1.807) is 34.4 Å². The van der Waals surface area contributed by atoms with Crippen LogP contribution in [0.15, 0.2) is 53.2 Å². The van der Waals surface area contributed by atoms with Gasteiger partial charge in [0.25, 0.3) is 5.91 Å². The molecule has 0 radical (unpaired) electrons. The van der Waals surface area contributed by atoms with Crippen molar-refractivity contribution >= 4 is 29.3 Å². The summed E-state index contributed by atoms with van der Waals surface area (Å²) in [6, 6.07) is 11.0. The Labute approximate surface area is 150 Å². The number of ether oxygens (including phenoxy) is 2. The van der Waals surface area contributed by atoms with E-state index in [1.165, 1.54) is 6.08 Å². The number of carbonyl (C=O) groups excluding carboxylic acids is 2. The van der Waals surface area contributed by atoms with Crippen LogP contribution in [0.5, 0.6) is 0 Å². The summed E-state index contributed by atoms with van der Waals surface area (Å²) in [4.78, 5) is 26.7. The Hall–Kier alpha value is -2.44. The van der Waals surface area contributed by atoms with Crippen molar-refractivity contribution in [2.45, 2.75) is 6.10 Å². The maximum Gasteiger partial charge on any atom is 0.331 e. The highest BCUT2D eigenvalue weighted by Gasteiger charge is 2.29. The molecule has 1 aliphatic heterocycles. The summed E-state index contributed by atoms with van der Waals surface area (Å²) in [7, 11) is 0. The number of nitrogens with zero attached hydrogens (tertiary/aromatic N) is 1. The molecule has 130 valence electrons. The average molecular weight is 357 g/mol. The highest BCUT2D eigenvalue weighted by atomic mass is 32.1. The lowest BCUT2D eigenvalue weighted by Gasteiger charge is -2.30. The molecule has 3 rings (SSSR count). The van der Waals surface area contributed by atoms with Crippen molar-refractivity contribution in [3.8, 4) is 0 Å². The zero-order valence-corrected chi connectivity index (χ0v) is 14.5. The molecule has 0 spiro atoms. The smallest absolute Gasteiger partial charge is 0.331 e. The third-order valence-electron chi connectivity index (χ3n) is 3.84. The van der Waals surface area contributed by atoms with E-state index in [-0.39, 0.29) is 5.91 Å². The van der Waals surface area contributed by atoms with Crippen LogP contribution in [0.25, 0.3) is 6.08 Å². The van der Waals surface area contributed by atoms with Gasteiger partial charge in [0.05, 0.1) is 13.2 Å². The van der Waals surface area contributed by atoms with Crippen LogP contribution in [-0.4, -0.2) is 43.1 Å². The van der Waals surface area contributed by atoms with Gasteiger partial charge in [0.15, 0.2) is 0 Å². The van der Waals surface area contributed by atoms with E-state index in [0.29, 0.717) is 31.9 Å². The number of carbonyl (C=O) groups is 2. The molecule has 1 fully saturated rings. The van der Waals surface area contributed by atoms with E-state index < -0.39 is 12.1 Å². The molecule has 1 aromatic carbocycles. The number of thiophene rings is 1. The summed E-state index contributed by atoms with van der Waals surface area (Å²) in [5, 5.41) is 3.86. The maximum absolute atomic E-state index is 12.8. The van der Waals surface area contributed by atoms with Gasteiger partial charge in [-0.3, -0.25) is 4.79 Å². The number of hydrogen-bond donors (Lipinski definition) is 0. The van der Waals surface area contributed by atoms with Crippen LogP contribution >= 0.6 is 11.3 Å². The Morgan fingerprint density at radius 2 is 1.92 bits per heavy atom. The van der Waals surface area contributed by atoms with Gasteiger partial charge in [-0.25, -0.2) is 4.79 Å². The maximum atomic E-state index is 12.8. The molecule has 25 heavy (non-hydrogen) atoms. The standard InChI is InChI=1S/C19H19NO4S/c21-17(7-6-15-8-13-25-14-15)24-18(16-4-2-1-3-5-16)19(22)20-9-11-23-12-10-20/h1-8,13-14,18H,9-12H2/b7-6+/t18-/m0/s1. The van der Waals surface area contributed by atoms with E-state index in [4.69, 9.17) is 9.47 Å². The van der Waals surface area contributed by atoms with Crippen LogP contribution in [-0.2, 0) is 19.1 Å². The van der Waals surface area contributed by atoms with Crippen LogP contribution in [0.4, 0.5) is 0 Å². The Morgan fingerprint density at radius 1 is 1.16 bits per heavy atom. The van der Waals surface area contributed by atoms with Crippen molar-refractivity contribution in [3.63, 3.8) is 0 Å². The first kappa shape index (κ1) is 17.4. The van der Waals surface area contributed by atoms with Gasteiger partial charge in [0.2, 0.25) is 6.10 Å². The number of amides is 1. The minimum atomic E-state index is -0.945. The van der Waals surface area contributed by atoms with Gasteiger partial charge in [0, 0.05) is 24.7 Å². The highest BCUT2D eigenvalue weighted by molar-refractivity contribution is 7.08. The van der Waals surface area contributed by atoms with E-state index >= 15 is 0 Å². The number of morpholine rings is 1. The lowest BCUT2D eigenvalue weighted by Crippen LogP contribution is -2.44. The van der Waals surface area contributed by atoms with Gasteiger partial charge in [-0.15, -0.1) is 0 Å². The summed E-state index contributed by atoms with van der Waals surface area (Å²) in [6.07, 6.45) is 2.09. The van der Waals surface area contributed by atoms with Crippen molar-refractivity contribution in [1.29, 1.82) is 0 Å². The molecular weight excluding hydrogens is 338 g/mol. The molecule has 2 heterocycles. The molecule has 1 atom stereocenters. The van der Waals surface area contributed by atoms with Gasteiger partial charge >= 0.3 is 5.97 Å². The largest absolute Gasteiger partial charge is 0.444 e. The van der Waals surface area contributed by atoms with Gasteiger partial charge in [-0.05, 0) is 28.5 Å². The average Bonchev–Trinajstić information content (AvgIpc) is 3.19. The van der Waals surface area contributed by atoms with E-state index in [0.717, 1.165) is 5.56 Å². The monoisotopic (exact) mass is 357 g/mol. The summed E-state index contributed by atoms with van der Waals surface area (Å²) >= 11 is 1.55. The molecule has 0 unspecified atom stereocenters. The highest BCUT2D eigenvalue weighted by Crippen LogP contribution is 2.21. The fourth-order valence-electron chi connectivity index (χ4n) is 2.53. The molecule has 0 saturated carbocycles. The van der Waals surface area contributed by atoms with Crippen molar-refractivity contribution < 1.29 is 19.1 Å². The molecule has 5 nitrogen and oxygen atoms in total. The molecule has 2 aromatic rings. The first-order valence-electron chi connectivity index (χ1n) is 8.06. The molecule has 1 amide bonds. The molecule has 0 bridgehead atoms. The Kier molecular flexibility index (Phi) is 5.98. The number of rotatable bonds is 5. The minimum Gasteiger partial charge on any atom is -0.444 e. The fraction of sp³-hybridized carbons (Fsp3) is 0.263. The first-order valence-corrected chi connectivity index (χ1v) is 9.01. The number of hydrogen-bond acceptors (Lipinski definition) is 5. The third kappa shape index (κ3) is 4.78. The Balaban J connectivity index is 1.74. The normalized spacial score (nSPS) is 15.9. The third-order valence-corrected chi connectivity index (χ3v) is 4.54. The van der Waals surface area contributed by atoms with Gasteiger partial charge in [-0.2, -0.15) is 11.3 Å². The summed E-state index contributed by atoms with van der Waals surface area (Å²) in [5.74, 6) is -0.756. The van der Waals surface area contributed by atoms with Crippen LogP contribution in [0.1, 0.15) is 17.2 Å². The van der Waals surface area contributed by atoms with Crippen LogP contribution in [0, 0.1) is 0 Å². The Morgan fingerprint density at radius 3 is 2.60 bits per heavy atom. The quantitative estimate of drug-likeness (QED) is 0.610. The molecule has 0 N–H and O–H groups in total. The SMILES string of the molecule is O=C(/C=C/c1ccsc1)O[C@H](C(=O)N1CCOCC1)c1ccccc1. The molecule has 6 heteroatoms. The summed E-state index contributed by atoms with van der Waals surface area (Å²) < 4.78 is 10.8. The number of benzene rings is 1. The Bertz CT molecular complexity index is 721. The predicted octanol–water partition coefficient (Wildman–Crippen LogP) is 2.90. The van der Waals surface area contributed by atoms with E-state index in [2.05, 4.69) is 0 Å². The second kappa shape index (κ2) is 8.60. The van der Waals surface area contributed by atoms with Gasteiger partial charge in [0.1, 0.15) is 0 Å². The van der Waals surface area contributed by atoms with Gasteiger partial charge < -0.3 is 14.4 Å². The topological polar surface area (TPSA) is 55.8 Å². The van der Waals surface area contributed by atoms with Crippen molar-refractivity contribution in [3.05, 3.63) is 64.4 Å². The zero-order chi connectivity index (χ0) is 17.5. The molecule has 0 aliphatic carbocycles. The van der Waals surface area contributed by atoms with Crippen LogP contribution in [0.3, 0.4) is 0 Å². The molecule has 1 aromatic heterocycles. The lowest BCUT2D eigenvalue weighted by atomic mass is 10.1. The molecular formula is C19H19NO4S. The fourth-order valence-corrected chi connectivity index (χ4v) is 3.16. The summed E-state index contributed by atoms with van der Waals surface area (Å²) in [6.45, 7) is 2.01. The van der Waals surface area contributed by atoms with E-state index in [1.807, 2.05) is 35.0 Å². The number of esters is 1. The lowest BCUT2D eigenvalue weighted by molar-refractivity contribution is -0.159. The second-order valence-electron chi connectivity index (χ2n) is 5.56. The predicted molar refractivity (Wildman–Crippen MR) is 96.0 cm³/mol. The first-order chi connectivity index (χ1) is 12.2. The second-order valence-corrected chi connectivity index (χ2v) is 6.34. The molecule has 1 aliphatic rings. The van der Waals surface area contributed by atoms with Gasteiger partial charge in [-0.1, -0.05) is 30.3 Å². The van der Waals surface area contributed by atoms with Crippen molar-refractivity contribution in [2.75, 3.05) is 26.3 Å². The van der Waals surface area contributed by atoms with E-state index in [9.17, 15) is 9.59 Å². The minimum absolute atomic E-state index is 0.216. The van der Waals surface area contributed by atoms with Crippen molar-refractivity contribution in [2.24, 2.45) is 0 Å². The van der Waals surface area contributed by atoms with Crippen LogP contribution in [0.2, 0.25) is 0 Å². The zero-order valence-electron chi connectivity index (χ0n) is 13.7.